The number of hydrogen-bond acceptors (Lipinski definition) is 7. The first kappa shape index (κ1) is 32.5. The van der Waals surface area contributed by atoms with E-state index in [0.29, 0.717) is 5.56 Å². The van der Waals surface area contributed by atoms with Crippen LogP contribution in [0.15, 0.2) is 83.1 Å². The molecule has 0 aliphatic carbocycles. The highest BCUT2D eigenvalue weighted by molar-refractivity contribution is 7.89. The SMILES string of the molecule is C=C/N=C\C=C(/N)N1CCN(S(=O)(=O)c2ccc(OC(F)(F)F)cc2)[C@@H](C(=O)NCc2ccc(C(F)(F)CC)cc2)C1. The number of benzene rings is 2. The number of hydrogen-bond donors (Lipinski definition) is 2. The fourth-order valence-corrected chi connectivity index (χ4v) is 5.68. The number of sulfonamides is 1. The molecule has 0 saturated carbocycles. The summed E-state index contributed by atoms with van der Waals surface area (Å²) in [6.45, 7) is 4.48. The van der Waals surface area contributed by atoms with Crippen molar-refractivity contribution in [3.63, 3.8) is 0 Å². The third-order valence-corrected chi connectivity index (χ3v) is 8.31. The fraction of sp³-hybridized carbons (Fsp3) is 0.333. The van der Waals surface area contributed by atoms with Gasteiger partial charge in [-0.1, -0.05) is 37.8 Å². The minimum atomic E-state index is -4.96. The Balaban J connectivity index is 1.85. The molecule has 0 radical (unpaired) electrons. The molecule has 1 heterocycles. The predicted octanol–water partition coefficient (Wildman–Crippen LogP) is 4.09. The smallest absolute Gasteiger partial charge is 0.406 e. The molecule has 0 unspecified atom stereocenters. The number of ether oxygens (including phenoxy) is 1. The van der Waals surface area contributed by atoms with Crippen LogP contribution < -0.4 is 15.8 Å². The van der Waals surface area contributed by atoms with Crippen molar-refractivity contribution in [2.45, 2.75) is 43.1 Å². The largest absolute Gasteiger partial charge is 0.573 e. The van der Waals surface area contributed by atoms with E-state index in [9.17, 15) is 35.2 Å². The summed E-state index contributed by atoms with van der Waals surface area (Å²) in [4.78, 5) is 18.4. The van der Waals surface area contributed by atoms with Crippen LogP contribution in [-0.4, -0.2) is 61.8 Å². The molecule has 0 spiro atoms. The summed E-state index contributed by atoms with van der Waals surface area (Å²) < 4.78 is 97.3. The van der Waals surface area contributed by atoms with Crippen LogP contribution in [0.4, 0.5) is 22.0 Å². The second-order valence-electron chi connectivity index (χ2n) is 9.14. The summed E-state index contributed by atoms with van der Waals surface area (Å²) in [7, 11) is -4.37. The first-order chi connectivity index (χ1) is 19.7. The number of halogens is 5. The Morgan fingerprint density at radius 2 is 1.76 bits per heavy atom. The van der Waals surface area contributed by atoms with Crippen molar-refractivity contribution in [2.24, 2.45) is 10.7 Å². The van der Waals surface area contributed by atoms with Crippen molar-refractivity contribution in [2.75, 3.05) is 19.6 Å². The maximum atomic E-state index is 13.9. The average molecular weight is 616 g/mol. The zero-order valence-electron chi connectivity index (χ0n) is 22.5. The molecule has 15 heteroatoms. The minimum Gasteiger partial charge on any atom is -0.406 e. The number of piperazine rings is 1. The van der Waals surface area contributed by atoms with Crippen LogP contribution in [0.2, 0.25) is 0 Å². The first-order valence-electron chi connectivity index (χ1n) is 12.7. The normalized spacial score (nSPS) is 17.3. The van der Waals surface area contributed by atoms with Gasteiger partial charge in [0.15, 0.2) is 0 Å². The van der Waals surface area contributed by atoms with E-state index < -0.39 is 40.0 Å². The highest BCUT2D eigenvalue weighted by Crippen LogP contribution is 2.31. The number of allylic oxidation sites excluding steroid dienone is 1. The Labute approximate surface area is 240 Å². The van der Waals surface area contributed by atoms with E-state index in [1.807, 2.05) is 0 Å². The van der Waals surface area contributed by atoms with Crippen LogP contribution in [0.1, 0.15) is 24.5 Å². The first-order valence-corrected chi connectivity index (χ1v) is 14.1. The molecule has 2 aromatic carbocycles. The summed E-state index contributed by atoms with van der Waals surface area (Å²) >= 11 is 0. The number of rotatable bonds is 11. The van der Waals surface area contributed by atoms with Gasteiger partial charge in [-0.15, -0.1) is 13.2 Å². The number of nitrogens with zero attached hydrogens (tertiary/aromatic N) is 3. The van der Waals surface area contributed by atoms with Crippen LogP contribution in [0, 0.1) is 0 Å². The number of alkyl halides is 5. The standard InChI is InChI=1S/C27H30F5N5O4S/c1-3-26(28,29)20-7-5-19(6-8-20)17-35-25(38)23-18-36(24(33)13-14-34-4-2)15-16-37(23)42(39,40)22-11-9-21(10-12-22)41-27(30,31)32/h4-14,23H,2-3,15-18,33H2,1H3,(H,35,38)/b24-13+,34-14-/t23-/m1/s1. The molecule has 42 heavy (non-hydrogen) atoms. The summed E-state index contributed by atoms with van der Waals surface area (Å²) in [6.07, 6.45) is -1.22. The van der Waals surface area contributed by atoms with Gasteiger partial charge in [0.05, 0.1) is 4.90 Å². The summed E-state index contributed by atoms with van der Waals surface area (Å²) in [5, 5.41) is 2.64. The van der Waals surface area contributed by atoms with E-state index >= 15 is 0 Å². The third-order valence-electron chi connectivity index (χ3n) is 6.39. The molecule has 9 nitrogen and oxygen atoms in total. The molecule has 0 aromatic heterocycles. The molecular weight excluding hydrogens is 585 g/mol. The monoisotopic (exact) mass is 615 g/mol. The Morgan fingerprint density at radius 1 is 1.12 bits per heavy atom. The van der Waals surface area contributed by atoms with Crippen molar-refractivity contribution < 1.29 is 39.9 Å². The topological polar surface area (TPSA) is 117 Å². The van der Waals surface area contributed by atoms with E-state index in [-0.39, 0.29) is 48.9 Å². The van der Waals surface area contributed by atoms with Crippen LogP contribution >= 0.6 is 0 Å². The third kappa shape index (κ3) is 8.28. The maximum Gasteiger partial charge on any atom is 0.573 e. The van der Waals surface area contributed by atoms with Gasteiger partial charge >= 0.3 is 6.36 Å². The molecule has 228 valence electrons. The van der Waals surface area contributed by atoms with Gasteiger partial charge in [0.1, 0.15) is 17.6 Å². The van der Waals surface area contributed by atoms with Crippen LogP contribution in [0.5, 0.6) is 5.75 Å². The molecular formula is C27H30F5N5O4S. The Hall–Kier alpha value is -3.98. The summed E-state index contributed by atoms with van der Waals surface area (Å²) in [5.41, 5.74) is 6.43. The highest BCUT2D eigenvalue weighted by atomic mass is 32.2. The zero-order valence-corrected chi connectivity index (χ0v) is 23.3. The minimum absolute atomic E-state index is 0.0814. The molecule has 2 aromatic rings. The fourth-order valence-electron chi connectivity index (χ4n) is 4.11. The molecule has 1 atom stereocenters. The van der Waals surface area contributed by atoms with E-state index in [0.717, 1.165) is 28.6 Å². The maximum absolute atomic E-state index is 13.9. The molecule has 1 fully saturated rings. The van der Waals surface area contributed by atoms with Crippen LogP contribution in [0.3, 0.4) is 0 Å². The lowest BCUT2D eigenvalue weighted by Crippen LogP contribution is -2.60. The zero-order chi connectivity index (χ0) is 31.1. The van der Waals surface area contributed by atoms with Gasteiger partial charge in [-0.05, 0) is 35.9 Å². The van der Waals surface area contributed by atoms with E-state index in [1.165, 1.54) is 49.7 Å². The lowest BCUT2D eigenvalue weighted by atomic mass is 10.0. The average Bonchev–Trinajstić information content (AvgIpc) is 2.95. The Morgan fingerprint density at radius 3 is 2.33 bits per heavy atom. The molecule has 3 rings (SSSR count). The molecule has 1 saturated heterocycles. The van der Waals surface area contributed by atoms with Crippen molar-refractivity contribution in [3.8, 4) is 5.75 Å². The van der Waals surface area contributed by atoms with Crippen molar-refractivity contribution in [3.05, 3.63) is 84.3 Å². The Kier molecular flexibility index (Phi) is 10.3. The second kappa shape index (κ2) is 13.3. The second-order valence-corrected chi connectivity index (χ2v) is 11.0. The number of nitrogens with two attached hydrogens (primary N) is 1. The number of carbonyl (C=O) groups is 1. The van der Waals surface area contributed by atoms with Crippen LogP contribution in [0.25, 0.3) is 0 Å². The van der Waals surface area contributed by atoms with Crippen LogP contribution in [-0.2, 0) is 27.3 Å². The van der Waals surface area contributed by atoms with Gasteiger partial charge in [-0.3, -0.25) is 9.79 Å². The van der Waals surface area contributed by atoms with Gasteiger partial charge in [0, 0.05) is 50.6 Å². The van der Waals surface area contributed by atoms with Crippen molar-refractivity contribution in [1.82, 2.24) is 14.5 Å². The van der Waals surface area contributed by atoms with Gasteiger partial charge in [0.2, 0.25) is 15.9 Å². The molecule has 1 amide bonds. The summed E-state index contributed by atoms with van der Waals surface area (Å²) in [6, 6.07) is 7.70. The summed E-state index contributed by atoms with van der Waals surface area (Å²) in [5.74, 6) is -4.10. The van der Waals surface area contributed by atoms with E-state index in [4.69, 9.17) is 5.73 Å². The molecule has 1 aliphatic heterocycles. The predicted molar refractivity (Wildman–Crippen MR) is 146 cm³/mol. The van der Waals surface area contributed by atoms with E-state index in [1.54, 1.807) is 4.90 Å². The lowest BCUT2D eigenvalue weighted by Gasteiger charge is -2.40. The van der Waals surface area contributed by atoms with Gasteiger partial charge < -0.3 is 20.7 Å². The molecule has 1 aliphatic rings. The van der Waals surface area contributed by atoms with Gasteiger partial charge in [-0.2, -0.15) is 4.31 Å². The van der Waals surface area contributed by atoms with Gasteiger partial charge in [0.25, 0.3) is 5.92 Å². The highest BCUT2D eigenvalue weighted by Gasteiger charge is 2.40. The van der Waals surface area contributed by atoms with Crippen molar-refractivity contribution in [1.29, 1.82) is 0 Å². The quantitative estimate of drug-likeness (QED) is 0.291. The number of amides is 1. The molecule has 0 bridgehead atoms. The lowest BCUT2D eigenvalue weighted by molar-refractivity contribution is -0.274. The number of aliphatic imine (C=N–C) groups is 1. The molecule has 3 N–H and O–H groups in total. The van der Waals surface area contributed by atoms with E-state index in [2.05, 4.69) is 21.6 Å². The number of nitrogens with one attached hydrogen (secondary N) is 1. The van der Waals surface area contributed by atoms with Gasteiger partial charge in [-0.25, -0.2) is 17.2 Å². The number of carbonyl (C=O) groups excluding carboxylic acids is 1. The van der Waals surface area contributed by atoms with Crippen molar-refractivity contribution >= 4 is 22.1 Å². The Bertz CT molecular complexity index is 1410.